The summed E-state index contributed by atoms with van der Waals surface area (Å²) in [7, 11) is 0. The predicted octanol–water partition coefficient (Wildman–Crippen LogP) is 3.38. The second-order valence-corrected chi connectivity index (χ2v) is 7.20. The van der Waals surface area contributed by atoms with Gasteiger partial charge in [-0.05, 0) is 43.4 Å². The Hall–Kier alpha value is -3.42. The number of nitrogens with one attached hydrogen (secondary N) is 2. The van der Waals surface area contributed by atoms with Gasteiger partial charge in [-0.1, -0.05) is 30.3 Å². The molecular formula is C21H23N3O5. The van der Waals surface area contributed by atoms with Crippen molar-refractivity contribution in [3.8, 4) is 0 Å². The van der Waals surface area contributed by atoms with E-state index in [4.69, 9.17) is 5.11 Å². The molecule has 8 heteroatoms. The van der Waals surface area contributed by atoms with E-state index in [0.29, 0.717) is 12.1 Å². The number of carboxylic acids is 1. The fourth-order valence-corrected chi connectivity index (χ4v) is 3.08. The van der Waals surface area contributed by atoms with Crippen molar-refractivity contribution < 1.29 is 19.6 Å². The largest absolute Gasteiger partial charge is 0.481 e. The van der Waals surface area contributed by atoms with E-state index in [1.54, 1.807) is 12.1 Å². The van der Waals surface area contributed by atoms with Gasteiger partial charge < -0.3 is 15.7 Å². The number of anilines is 1. The minimum Gasteiger partial charge on any atom is -0.481 e. The first-order chi connectivity index (χ1) is 13.9. The Balaban J connectivity index is 1.74. The van der Waals surface area contributed by atoms with E-state index in [-0.39, 0.29) is 30.1 Å². The fourth-order valence-electron chi connectivity index (χ4n) is 3.08. The van der Waals surface area contributed by atoms with Crippen molar-refractivity contribution in [2.75, 3.05) is 5.32 Å². The second-order valence-electron chi connectivity index (χ2n) is 7.20. The zero-order chi connectivity index (χ0) is 20.8. The highest BCUT2D eigenvalue weighted by Gasteiger charge is 2.26. The maximum Gasteiger partial charge on any atom is 0.303 e. The van der Waals surface area contributed by atoms with E-state index in [0.717, 1.165) is 18.4 Å². The van der Waals surface area contributed by atoms with Crippen molar-refractivity contribution in [3.05, 3.63) is 69.8 Å². The molecule has 0 radical (unpaired) electrons. The van der Waals surface area contributed by atoms with Gasteiger partial charge in [0, 0.05) is 30.1 Å². The number of rotatable bonds is 10. The number of hydrogen-bond acceptors (Lipinski definition) is 5. The van der Waals surface area contributed by atoms with Gasteiger partial charge in [-0.25, -0.2) is 0 Å². The number of carboxylic acid groups (broad SMARTS) is 1. The Morgan fingerprint density at radius 2 is 1.90 bits per heavy atom. The summed E-state index contributed by atoms with van der Waals surface area (Å²) < 4.78 is 0. The Morgan fingerprint density at radius 1 is 1.17 bits per heavy atom. The van der Waals surface area contributed by atoms with Crippen molar-refractivity contribution >= 4 is 23.3 Å². The summed E-state index contributed by atoms with van der Waals surface area (Å²) in [5.74, 6) is -1.40. The normalized spacial score (nSPS) is 14.1. The quantitative estimate of drug-likeness (QED) is 0.417. The van der Waals surface area contributed by atoms with Crippen molar-refractivity contribution in [1.82, 2.24) is 5.32 Å². The Kier molecular flexibility index (Phi) is 6.43. The first-order valence-corrected chi connectivity index (χ1v) is 9.54. The van der Waals surface area contributed by atoms with Gasteiger partial charge in [-0.2, -0.15) is 0 Å². The summed E-state index contributed by atoms with van der Waals surface area (Å²) in [6.07, 6.45) is 2.61. The van der Waals surface area contributed by atoms with Crippen LogP contribution in [0.4, 0.5) is 11.4 Å². The molecule has 0 bridgehead atoms. The van der Waals surface area contributed by atoms with Gasteiger partial charge in [-0.3, -0.25) is 19.7 Å². The van der Waals surface area contributed by atoms with Gasteiger partial charge in [-0.15, -0.1) is 0 Å². The zero-order valence-electron chi connectivity index (χ0n) is 15.8. The number of nitro groups is 1. The molecule has 1 aliphatic rings. The lowest BCUT2D eigenvalue weighted by Gasteiger charge is -2.18. The van der Waals surface area contributed by atoms with Crippen LogP contribution in [0.25, 0.3) is 0 Å². The Labute approximate surface area is 168 Å². The molecule has 1 fully saturated rings. The van der Waals surface area contributed by atoms with E-state index in [9.17, 15) is 19.7 Å². The third kappa shape index (κ3) is 6.03. The topological polar surface area (TPSA) is 122 Å². The van der Waals surface area contributed by atoms with Crippen LogP contribution in [-0.2, 0) is 11.2 Å². The number of nitro benzene ring substituents is 1. The summed E-state index contributed by atoms with van der Waals surface area (Å²) in [6, 6.07) is 13.6. The van der Waals surface area contributed by atoms with Crippen LogP contribution in [0.3, 0.4) is 0 Å². The maximum absolute atomic E-state index is 12.7. The highest BCUT2D eigenvalue weighted by atomic mass is 16.6. The maximum atomic E-state index is 12.7. The summed E-state index contributed by atoms with van der Waals surface area (Å²) in [5, 5.41) is 26.3. The lowest BCUT2D eigenvalue weighted by molar-refractivity contribution is -0.384. The number of benzene rings is 2. The van der Waals surface area contributed by atoms with Crippen molar-refractivity contribution in [2.24, 2.45) is 0 Å². The van der Waals surface area contributed by atoms with Gasteiger partial charge in [0.05, 0.1) is 4.92 Å². The Bertz CT molecular complexity index is 896. The van der Waals surface area contributed by atoms with E-state index < -0.39 is 22.8 Å². The first kappa shape index (κ1) is 20.3. The standard InChI is InChI=1S/C21H23N3O5/c25-20(26)11-9-17(12-14-4-2-1-3-5-14)23-21(27)15-6-10-18(22-16-7-8-16)19(13-15)24(28)29/h1-6,10,13,16-17,22H,7-9,11-12H2,(H,23,27)(H,25,26). The lowest BCUT2D eigenvalue weighted by Crippen LogP contribution is -2.37. The molecule has 3 rings (SSSR count). The van der Waals surface area contributed by atoms with Crippen LogP contribution in [0, 0.1) is 10.1 Å². The average Bonchev–Trinajstić information content (AvgIpc) is 3.51. The smallest absolute Gasteiger partial charge is 0.303 e. The first-order valence-electron chi connectivity index (χ1n) is 9.54. The molecule has 2 aromatic carbocycles. The highest BCUT2D eigenvalue weighted by molar-refractivity contribution is 5.96. The molecular weight excluding hydrogens is 374 g/mol. The minimum atomic E-state index is -0.941. The van der Waals surface area contributed by atoms with Crippen LogP contribution >= 0.6 is 0 Å². The monoisotopic (exact) mass is 397 g/mol. The third-order valence-electron chi connectivity index (χ3n) is 4.76. The molecule has 3 N–H and O–H groups in total. The van der Waals surface area contributed by atoms with Gasteiger partial charge in [0.1, 0.15) is 5.69 Å². The molecule has 1 saturated carbocycles. The van der Waals surface area contributed by atoms with Crippen LogP contribution in [-0.4, -0.2) is 34.0 Å². The van der Waals surface area contributed by atoms with E-state index >= 15 is 0 Å². The number of amides is 1. The van der Waals surface area contributed by atoms with Crippen molar-refractivity contribution in [2.45, 2.75) is 44.2 Å². The average molecular weight is 397 g/mol. The van der Waals surface area contributed by atoms with Gasteiger partial charge in [0.2, 0.25) is 0 Å². The number of hydrogen-bond donors (Lipinski definition) is 3. The molecule has 0 spiro atoms. The fraction of sp³-hybridized carbons (Fsp3) is 0.333. The summed E-state index contributed by atoms with van der Waals surface area (Å²) in [5.41, 5.74) is 1.40. The van der Waals surface area contributed by atoms with E-state index in [2.05, 4.69) is 10.6 Å². The molecule has 0 aromatic heterocycles. The molecule has 1 unspecified atom stereocenters. The molecule has 29 heavy (non-hydrogen) atoms. The van der Waals surface area contributed by atoms with Gasteiger partial charge in [0.25, 0.3) is 11.6 Å². The molecule has 8 nitrogen and oxygen atoms in total. The van der Waals surface area contributed by atoms with Crippen LogP contribution in [0.15, 0.2) is 48.5 Å². The summed E-state index contributed by atoms with van der Waals surface area (Å²) in [6.45, 7) is 0. The lowest BCUT2D eigenvalue weighted by atomic mass is 10.0. The third-order valence-corrected chi connectivity index (χ3v) is 4.76. The molecule has 0 heterocycles. The SMILES string of the molecule is O=C(O)CCC(Cc1ccccc1)NC(=O)c1ccc(NC2CC2)c([N+](=O)[O-])c1. The summed E-state index contributed by atoms with van der Waals surface area (Å²) >= 11 is 0. The molecule has 1 atom stereocenters. The summed E-state index contributed by atoms with van der Waals surface area (Å²) in [4.78, 5) is 34.6. The molecule has 0 saturated heterocycles. The van der Waals surface area contributed by atoms with Crippen LogP contribution < -0.4 is 10.6 Å². The van der Waals surface area contributed by atoms with Crippen molar-refractivity contribution in [3.63, 3.8) is 0 Å². The van der Waals surface area contributed by atoms with Crippen molar-refractivity contribution in [1.29, 1.82) is 0 Å². The van der Waals surface area contributed by atoms with E-state index in [1.165, 1.54) is 6.07 Å². The molecule has 152 valence electrons. The molecule has 0 aliphatic heterocycles. The van der Waals surface area contributed by atoms with Gasteiger partial charge >= 0.3 is 5.97 Å². The highest BCUT2D eigenvalue weighted by Crippen LogP contribution is 2.31. The number of aliphatic carboxylic acids is 1. The number of nitrogens with zero attached hydrogens (tertiary/aromatic N) is 1. The second kappa shape index (κ2) is 9.18. The predicted molar refractivity (Wildman–Crippen MR) is 108 cm³/mol. The number of carbonyl (C=O) groups is 2. The number of carbonyl (C=O) groups excluding carboxylic acids is 1. The zero-order valence-corrected chi connectivity index (χ0v) is 15.8. The molecule has 1 amide bonds. The Morgan fingerprint density at radius 3 is 2.52 bits per heavy atom. The molecule has 2 aromatic rings. The van der Waals surface area contributed by atoms with Crippen LogP contribution in [0.5, 0.6) is 0 Å². The van der Waals surface area contributed by atoms with E-state index in [1.807, 2.05) is 30.3 Å². The molecule has 1 aliphatic carbocycles. The van der Waals surface area contributed by atoms with Gasteiger partial charge in [0.15, 0.2) is 0 Å². The minimum absolute atomic E-state index is 0.0812. The van der Waals surface area contributed by atoms with Crippen LogP contribution in [0.2, 0.25) is 0 Å². The van der Waals surface area contributed by atoms with Crippen LogP contribution in [0.1, 0.15) is 41.6 Å².